The lowest BCUT2D eigenvalue weighted by Crippen LogP contribution is -2.50. The quantitative estimate of drug-likeness (QED) is 0.889. The molecule has 1 unspecified atom stereocenters. The molecule has 18 heavy (non-hydrogen) atoms. The van der Waals surface area contributed by atoms with E-state index in [4.69, 9.17) is 10.00 Å². The molecule has 0 aromatic heterocycles. The van der Waals surface area contributed by atoms with Crippen molar-refractivity contribution < 1.29 is 4.74 Å². The van der Waals surface area contributed by atoms with Gasteiger partial charge in [0.25, 0.3) is 0 Å². The third-order valence-corrected chi connectivity index (χ3v) is 3.85. The molecule has 1 N–H and O–H groups in total. The second-order valence-corrected chi connectivity index (χ2v) is 4.86. The monoisotopic (exact) mass is 244 g/mol. The Hall–Kier alpha value is -1.37. The van der Waals surface area contributed by atoms with Gasteiger partial charge in [-0.25, -0.2) is 0 Å². The maximum atomic E-state index is 8.95. The topological polar surface area (TPSA) is 45.0 Å². The molecule has 1 aromatic rings. The Morgan fingerprint density at radius 2 is 2.22 bits per heavy atom. The first-order valence-corrected chi connectivity index (χ1v) is 6.61. The molecule has 1 aromatic carbocycles. The lowest BCUT2D eigenvalue weighted by molar-refractivity contribution is -0.122. The normalized spacial score (nSPS) is 22.4. The number of nitrogens with zero attached hydrogens (tertiary/aromatic N) is 1. The van der Waals surface area contributed by atoms with Gasteiger partial charge in [0.05, 0.1) is 23.3 Å². The van der Waals surface area contributed by atoms with Gasteiger partial charge in [0, 0.05) is 13.1 Å². The van der Waals surface area contributed by atoms with Gasteiger partial charge in [-0.3, -0.25) is 0 Å². The van der Waals surface area contributed by atoms with E-state index in [1.165, 1.54) is 0 Å². The van der Waals surface area contributed by atoms with Gasteiger partial charge in [-0.1, -0.05) is 26.0 Å². The van der Waals surface area contributed by atoms with E-state index in [0.717, 1.165) is 31.5 Å². The van der Waals surface area contributed by atoms with Crippen molar-refractivity contribution in [2.45, 2.75) is 38.4 Å². The first-order chi connectivity index (χ1) is 8.73. The summed E-state index contributed by atoms with van der Waals surface area (Å²) in [6.07, 6.45) is 2.06. The number of morpholine rings is 1. The molecule has 2 rings (SSSR count). The number of hydrogen-bond donors (Lipinski definition) is 1. The van der Waals surface area contributed by atoms with Crippen molar-refractivity contribution in [1.82, 2.24) is 5.32 Å². The van der Waals surface area contributed by atoms with Crippen LogP contribution < -0.4 is 5.32 Å². The molecule has 1 fully saturated rings. The highest BCUT2D eigenvalue weighted by Crippen LogP contribution is 2.31. The summed E-state index contributed by atoms with van der Waals surface area (Å²) in [5.74, 6) is 0. The van der Waals surface area contributed by atoms with Crippen LogP contribution in [0.2, 0.25) is 0 Å². The lowest BCUT2D eigenvalue weighted by atomic mass is 9.93. The molecule has 1 atom stereocenters. The highest BCUT2D eigenvalue weighted by Gasteiger charge is 2.34. The highest BCUT2D eigenvalue weighted by molar-refractivity contribution is 5.34. The predicted octanol–water partition coefficient (Wildman–Crippen LogP) is 2.78. The largest absolute Gasteiger partial charge is 0.364 e. The van der Waals surface area contributed by atoms with Crippen molar-refractivity contribution in [2.75, 3.05) is 13.1 Å². The smallest absolute Gasteiger partial charge is 0.0991 e. The Kier molecular flexibility index (Phi) is 4.00. The zero-order chi connectivity index (χ0) is 13.0. The molecule has 0 aliphatic carbocycles. The summed E-state index contributed by atoms with van der Waals surface area (Å²) < 4.78 is 6.29. The molecule has 0 bridgehead atoms. The van der Waals surface area contributed by atoms with Crippen molar-refractivity contribution in [3.63, 3.8) is 0 Å². The molecule has 3 heteroatoms. The molecule has 1 aliphatic rings. The molecule has 96 valence electrons. The number of rotatable bonds is 3. The Morgan fingerprint density at radius 1 is 1.44 bits per heavy atom. The standard InChI is InChI=1S/C15H20N2O/c1-3-15(4-2)11-17-10-14(18-15)13-7-5-6-12(8-13)9-16/h5-8,14,17H,3-4,10-11H2,1-2H3. The van der Waals surface area contributed by atoms with Crippen molar-refractivity contribution in [1.29, 1.82) is 5.26 Å². The summed E-state index contributed by atoms with van der Waals surface area (Å²) in [5.41, 5.74) is 1.72. The summed E-state index contributed by atoms with van der Waals surface area (Å²) >= 11 is 0. The molecule has 0 saturated carbocycles. The van der Waals surface area contributed by atoms with E-state index in [2.05, 4.69) is 25.2 Å². The predicted molar refractivity (Wildman–Crippen MR) is 71.2 cm³/mol. The fourth-order valence-electron chi connectivity index (χ4n) is 2.48. The molecule has 0 radical (unpaired) electrons. The molecule has 0 amide bonds. The van der Waals surface area contributed by atoms with Crippen LogP contribution in [-0.2, 0) is 4.74 Å². The first kappa shape index (κ1) is 13.1. The molecule has 1 heterocycles. The van der Waals surface area contributed by atoms with Crippen molar-refractivity contribution >= 4 is 0 Å². The van der Waals surface area contributed by atoms with Crippen LogP contribution in [0.5, 0.6) is 0 Å². The Bertz CT molecular complexity index is 446. The van der Waals surface area contributed by atoms with E-state index in [1.807, 2.05) is 24.3 Å². The second kappa shape index (κ2) is 5.51. The van der Waals surface area contributed by atoms with Gasteiger partial charge in [-0.2, -0.15) is 5.26 Å². The molecule has 1 saturated heterocycles. The van der Waals surface area contributed by atoms with Gasteiger partial charge in [-0.05, 0) is 30.5 Å². The SMILES string of the molecule is CCC1(CC)CNCC(c2cccc(C#N)c2)O1. The van der Waals surface area contributed by atoms with Crippen LogP contribution >= 0.6 is 0 Å². The average molecular weight is 244 g/mol. The van der Waals surface area contributed by atoms with Gasteiger partial charge in [-0.15, -0.1) is 0 Å². The van der Waals surface area contributed by atoms with Gasteiger partial charge in [0.2, 0.25) is 0 Å². The van der Waals surface area contributed by atoms with Gasteiger partial charge in [0.15, 0.2) is 0 Å². The van der Waals surface area contributed by atoms with E-state index in [-0.39, 0.29) is 11.7 Å². The molecular formula is C15H20N2O. The van der Waals surface area contributed by atoms with Crippen molar-refractivity contribution in [2.24, 2.45) is 0 Å². The van der Waals surface area contributed by atoms with E-state index in [9.17, 15) is 0 Å². The fraction of sp³-hybridized carbons (Fsp3) is 0.533. The van der Waals surface area contributed by atoms with Crippen molar-refractivity contribution in [3.05, 3.63) is 35.4 Å². The zero-order valence-electron chi connectivity index (χ0n) is 11.1. The first-order valence-electron chi connectivity index (χ1n) is 6.61. The van der Waals surface area contributed by atoms with Crippen LogP contribution in [0.3, 0.4) is 0 Å². The summed E-state index contributed by atoms with van der Waals surface area (Å²) in [6, 6.07) is 9.89. The van der Waals surface area contributed by atoms with Crippen LogP contribution in [0.25, 0.3) is 0 Å². The third-order valence-electron chi connectivity index (χ3n) is 3.85. The van der Waals surface area contributed by atoms with E-state index in [0.29, 0.717) is 5.56 Å². The number of benzene rings is 1. The summed E-state index contributed by atoms with van der Waals surface area (Å²) in [4.78, 5) is 0. The summed E-state index contributed by atoms with van der Waals surface area (Å²) in [5, 5.41) is 12.4. The van der Waals surface area contributed by atoms with E-state index >= 15 is 0 Å². The van der Waals surface area contributed by atoms with Gasteiger partial charge < -0.3 is 10.1 Å². The molecule has 1 aliphatic heterocycles. The summed E-state index contributed by atoms with van der Waals surface area (Å²) in [7, 11) is 0. The fourth-order valence-corrected chi connectivity index (χ4v) is 2.48. The van der Waals surface area contributed by atoms with Crippen LogP contribution in [0, 0.1) is 11.3 Å². The lowest BCUT2D eigenvalue weighted by Gasteiger charge is -2.41. The Morgan fingerprint density at radius 3 is 2.89 bits per heavy atom. The van der Waals surface area contributed by atoms with Gasteiger partial charge in [0.1, 0.15) is 0 Å². The Labute approximate surface area is 109 Å². The zero-order valence-corrected chi connectivity index (χ0v) is 11.1. The van der Waals surface area contributed by atoms with E-state index in [1.54, 1.807) is 0 Å². The number of nitriles is 1. The van der Waals surface area contributed by atoms with Crippen LogP contribution in [0.4, 0.5) is 0 Å². The van der Waals surface area contributed by atoms with Crippen LogP contribution in [0.1, 0.15) is 43.9 Å². The maximum absolute atomic E-state index is 8.95. The highest BCUT2D eigenvalue weighted by atomic mass is 16.5. The maximum Gasteiger partial charge on any atom is 0.0991 e. The minimum Gasteiger partial charge on any atom is -0.364 e. The van der Waals surface area contributed by atoms with Crippen LogP contribution in [-0.4, -0.2) is 18.7 Å². The molecule has 3 nitrogen and oxygen atoms in total. The van der Waals surface area contributed by atoms with Crippen molar-refractivity contribution in [3.8, 4) is 6.07 Å². The number of hydrogen-bond acceptors (Lipinski definition) is 3. The third kappa shape index (κ3) is 2.55. The minimum atomic E-state index is -0.0639. The number of ether oxygens (including phenoxy) is 1. The second-order valence-electron chi connectivity index (χ2n) is 4.86. The summed E-state index contributed by atoms with van der Waals surface area (Å²) in [6.45, 7) is 6.06. The van der Waals surface area contributed by atoms with Gasteiger partial charge >= 0.3 is 0 Å². The minimum absolute atomic E-state index is 0.0481. The molecular weight excluding hydrogens is 224 g/mol. The Balaban J connectivity index is 2.20. The molecule has 0 spiro atoms. The average Bonchev–Trinajstić information content (AvgIpc) is 2.47. The van der Waals surface area contributed by atoms with Crippen LogP contribution in [0.15, 0.2) is 24.3 Å². The van der Waals surface area contributed by atoms with E-state index < -0.39 is 0 Å². The number of nitrogens with one attached hydrogen (secondary N) is 1.